The highest BCUT2D eigenvalue weighted by Crippen LogP contribution is 2.13. The van der Waals surface area contributed by atoms with Gasteiger partial charge in [-0.1, -0.05) is 75.5 Å². The third-order valence-corrected chi connectivity index (χ3v) is 8.60. The van der Waals surface area contributed by atoms with E-state index in [1.54, 1.807) is 38.1 Å². The van der Waals surface area contributed by atoms with E-state index in [0.717, 1.165) is 10.9 Å². The Labute approximate surface area is 323 Å². The van der Waals surface area contributed by atoms with Crippen molar-refractivity contribution in [3.05, 3.63) is 34.3 Å². The summed E-state index contributed by atoms with van der Waals surface area (Å²) in [5.41, 5.74) is 11.6. The van der Waals surface area contributed by atoms with E-state index in [9.17, 15) is 43.5 Å². The zero-order valence-corrected chi connectivity index (χ0v) is 32.9. The number of hydrogen-bond acceptors (Lipinski definition) is 10. The van der Waals surface area contributed by atoms with Gasteiger partial charge in [0, 0.05) is 10.9 Å². The highest BCUT2D eigenvalue weighted by Gasteiger charge is 2.32. The average Bonchev–Trinajstić information content (AvgIpc) is 3.09. The molecule has 0 heterocycles. The van der Waals surface area contributed by atoms with Crippen LogP contribution in [0.3, 0.4) is 0 Å². The molecule has 1 aromatic rings. The van der Waals surface area contributed by atoms with Crippen LogP contribution in [0.5, 0.6) is 0 Å². The number of aliphatic hydroxyl groups excluding tert-OH is 1. The van der Waals surface area contributed by atoms with Gasteiger partial charge in [-0.3, -0.25) is 38.4 Å². The summed E-state index contributed by atoms with van der Waals surface area (Å²) in [5.74, 6) is -7.45. The van der Waals surface area contributed by atoms with Crippen LogP contribution in [0.15, 0.2) is 28.7 Å². The van der Waals surface area contributed by atoms with E-state index in [0.29, 0.717) is 18.4 Å². The van der Waals surface area contributed by atoms with Crippen molar-refractivity contribution in [2.24, 2.45) is 23.3 Å². The van der Waals surface area contributed by atoms with Crippen LogP contribution in [0.2, 0.25) is 0 Å². The summed E-state index contributed by atoms with van der Waals surface area (Å²) >= 11 is 3.33. The number of benzene rings is 1. The molecule has 302 valence electrons. The number of hydrogen-bond donors (Lipinski definition) is 10. The largest absolute Gasteiger partial charge is 0.481 e. The Morgan fingerprint density at radius 2 is 1.31 bits per heavy atom. The smallest absolute Gasteiger partial charge is 0.305 e. The molecule has 0 aliphatic heterocycles. The Bertz CT molecular complexity index is 1460. The zero-order chi connectivity index (χ0) is 41.1. The van der Waals surface area contributed by atoms with Gasteiger partial charge < -0.3 is 53.6 Å². The molecule has 0 saturated carbocycles. The Kier molecular flexibility index (Phi) is 21.0. The molecule has 0 radical (unpaired) electrons. The van der Waals surface area contributed by atoms with Crippen molar-refractivity contribution in [2.75, 3.05) is 13.2 Å². The minimum Gasteiger partial charge on any atom is -0.481 e. The molecule has 1 rings (SSSR count). The quantitative estimate of drug-likeness (QED) is 0.0585. The number of unbranched alkanes of at least 4 members (excludes halogenated alkanes) is 1. The van der Waals surface area contributed by atoms with Crippen LogP contribution in [0, 0.1) is 11.8 Å². The lowest BCUT2D eigenvalue weighted by Crippen LogP contribution is -2.60. The van der Waals surface area contributed by atoms with Gasteiger partial charge in [0.05, 0.1) is 25.6 Å². The molecular formula is C35H55BrN8O10. The van der Waals surface area contributed by atoms with Gasteiger partial charge in [-0.15, -0.1) is 0 Å². The van der Waals surface area contributed by atoms with Gasteiger partial charge >= 0.3 is 5.97 Å². The number of carboxylic acids is 1. The number of carbonyl (C=O) groups is 8. The van der Waals surface area contributed by atoms with Crippen molar-refractivity contribution in [1.29, 1.82) is 0 Å². The van der Waals surface area contributed by atoms with Gasteiger partial charge in [0.2, 0.25) is 41.4 Å². The number of rotatable bonds is 24. The van der Waals surface area contributed by atoms with Crippen LogP contribution in [0.25, 0.3) is 0 Å². The van der Waals surface area contributed by atoms with Crippen molar-refractivity contribution < 1.29 is 48.6 Å². The molecule has 0 unspecified atom stereocenters. The Hall–Kier alpha value is -4.62. The summed E-state index contributed by atoms with van der Waals surface area (Å²) in [6.07, 6.45) is 1.19. The first kappa shape index (κ1) is 47.4. The molecule has 54 heavy (non-hydrogen) atoms. The van der Waals surface area contributed by atoms with Crippen LogP contribution in [0.4, 0.5) is 0 Å². The fraction of sp³-hybridized carbons (Fsp3) is 0.600. The van der Waals surface area contributed by atoms with Crippen LogP contribution in [0.1, 0.15) is 72.3 Å². The zero-order valence-electron chi connectivity index (χ0n) is 31.3. The molecule has 6 atom stereocenters. The number of primary amides is 1. The third kappa shape index (κ3) is 17.5. The maximum absolute atomic E-state index is 13.7. The van der Waals surface area contributed by atoms with Gasteiger partial charge in [0.15, 0.2) is 0 Å². The van der Waals surface area contributed by atoms with Crippen molar-refractivity contribution in [1.82, 2.24) is 31.9 Å². The standard InChI is InChI=1S/C35H55BrN8O10/c1-6-7-8-23(30(38)49)41-32(51)24(13-18(2)3)40-27(46)16-39-35(54)29(19(4)5)44-33(52)25(14-20-9-11-21(36)12-10-20)42-34(53)26(17-45)43-31(50)22(37)15-28(47)48/h9-12,18-19,22-26,29,45H,6-8,13-17,37H2,1-5H3,(H2,38,49)(H,39,54)(H,40,46)(H,41,51)(H,42,53)(H,43,50)(H,44,52)(H,47,48)/t22-,23-,24-,25-,26-,29-/m0/s1. The normalized spacial score (nSPS) is 14.4. The van der Waals surface area contributed by atoms with E-state index in [4.69, 9.17) is 16.6 Å². The van der Waals surface area contributed by atoms with Gasteiger partial charge in [-0.25, -0.2) is 0 Å². The molecular weight excluding hydrogens is 772 g/mol. The molecule has 0 aliphatic carbocycles. The molecule has 19 heteroatoms. The van der Waals surface area contributed by atoms with E-state index in [-0.39, 0.29) is 18.8 Å². The summed E-state index contributed by atoms with van der Waals surface area (Å²) in [7, 11) is 0. The maximum atomic E-state index is 13.7. The molecule has 0 bridgehead atoms. The number of aliphatic carboxylic acids is 1. The van der Waals surface area contributed by atoms with Gasteiger partial charge in [-0.2, -0.15) is 0 Å². The SMILES string of the molecule is CCCC[C@H](NC(=O)[C@H](CC(C)C)NC(=O)CNC(=O)[C@@H](NC(=O)[C@H](Cc1ccc(Br)cc1)NC(=O)[C@H](CO)NC(=O)[C@@H](N)CC(=O)O)C(C)C)C(N)=O. The lowest BCUT2D eigenvalue weighted by Gasteiger charge is -2.27. The molecule has 0 aromatic heterocycles. The second-order valence-corrected chi connectivity index (χ2v) is 14.6. The summed E-state index contributed by atoms with van der Waals surface area (Å²) < 4.78 is 0.746. The number of amides is 7. The second-order valence-electron chi connectivity index (χ2n) is 13.6. The first-order chi connectivity index (χ1) is 25.3. The van der Waals surface area contributed by atoms with Crippen molar-refractivity contribution >= 4 is 63.2 Å². The van der Waals surface area contributed by atoms with Gasteiger partial charge in [0.25, 0.3) is 0 Å². The molecule has 0 saturated heterocycles. The molecule has 7 amide bonds. The second kappa shape index (κ2) is 23.9. The van der Waals surface area contributed by atoms with Crippen molar-refractivity contribution in [2.45, 2.75) is 109 Å². The van der Waals surface area contributed by atoms with E-state index in [2.05, 4.69) is 47.8 Å². The van der Waals surface area contributed by atoms with Crippen molar-refractivity contribution in [3.8, 4) is 0 Å². The number of halogens is 1. The highest BCUT2D eigenvalue weighted by molar-refractivity contribution is 9.10. The fourth-order valence-electron chi connectivity index (χ4n) is 5.07. The summed E-state index contributed by atoms with van der Waals surface area (Å²) in [6, 6.07) is -0.808. The van der Waals surface area contributed by atoms with E-state index in [1.165, 1.54) is 0 Å². The van der Waals surface area contributed by atoms with Crippen LogP contribution < -0.4 is 43.4 Å². The van der Waals surface area contributed by atoms with E-state index in [1.807, 2.05) is 20.8 Å². The predicted molar refractivity (Wildman–Crippen MR) is 201 cm³/mol. The summed E-state index contributed by atoms with van der Waals surface area (Å²) in [5, 5.41) is 33.6. The topological polar surface area (TPSA) is 301 Å². The molecule has 18 nitrogen and oxygen atoms in total. The Balaban J connectivity index is 3.11. The Morgan fingerprint density at radius 1 is 0.759 bits per heavy atom. The van der Waals surface area contributed by atoms with Crippen LogP contribution >= 0.6 is 15.9 Å². The lowest BCUT2D eigenvalue weighted by atomic mass is 10.0. The third-order valence-electron chi connectivity index (χ3n) is 8.07. The summed E-state index contributed by atoms with van der Waals surface area (Å²) in [6.45, 7) is 7.43. The summed E-state index contributed by atoms with van der Waals surface area (Å²) in [4.78, 5) is 101. The van der Waals surface area contributed by atoms with Crippen LogP contribution in [-0.2, 0) is 44.8 Å². The molecule has 0 spiro atoms. The van der Waals surface area contributed by atoms with Crippen molar-refractivity contribution in [3.63, 3.8) is 0 Å². The fourth-order valence-corrected chi connectivity index (χ4v) is 5.34. The Morgan fingerprint density at radius 3 is 1.83 bits per heavy atom. The van der Waals surface area contributed by atoms with E-state index < -0.39 is 109 Å². The number of nitrogens with two attached hydrogens (primary N) is 2. The molecule has 1 aromatic carbocycles. The average molecular weight is 828 g/mol. The number of carboxylic acid groups (broad SMARTS) is 1. The first-order valence-corrected chi connectivity index (χ1v) is 18.5. The maximum Gasteiger partial charge on any atom is 0.305 e. The van der Waals surface area contributed by atoms with E-state index >= 15 is 0 Å². The molecule has 0 fully saturated rings. The lowest BCUT2D eigenvalue weighted by molar-refractivity contribution is -0.140. The minimum atomic E-state index is -1.60. The highest BCUT2D eigenvalue weighted by atomic mass is 79.9. The van der Waals surface area contributed by atoms with Gasteiger partial charge in [0.1, 0.15) is 30.2 Å². The first-order valence-electron chi connectivity index (χ1n) is 17.7. The van der Waals surface area contributed by atoms with Crippen LogP contribution in [-0.4, -0.2) is 107 Å². The van der Waals surface area contributed by atoms with Gasteiger partial charge in [-0.05, 0) is 42.4 Å². The molecule has 12 N–H and O–H groups in total. The number of carbonyl (C=O) groups excluding carboxylic acids is 7. The minimum absolute atomic E-state index is 0.0249. The number of aliphatic hydroxyl groups is 1. The monoisotopic (exact) mass is 826 g/mol. The predicted octanol–water partition coefficient (Wildman–Crippen LogP) is -1.30. The number of nitrogens with one attached hydrogen (secondary N) is 6. The molecule has 0 aliphatic rings.